The van der Waals surface area contributed by atoms with E-state index in [2.05, 4.69) is 5.32 Å². The first-order chi connectivity index (χ1) is 13.0. The van der Waals surface area contributed by atoms with Crippen molar-refractivity contribution in [2.45, 2.75) is 4.90 Å². The number of likely N-dealkylation sites (N-methyl/N-ethyl adjacent to an activating group) is 1. The standard InChI is InChI=1S/C20H19ClN2O3S/c1-23-16-12-14(19(24)22-8-9-26-2)6-7-17(16)27-18(20(23)25)11-13-4-3-5-15(21)10-13/h3-7,10-12H,8-9H2,1-2H3,(H,22,24). The molecular weight excluding hydrogens is 384 g/mol. The average molecular weight is 403 g/mol. The van der Waals surface area contributed by atoms with Crippen molar-refractivity contribution in [2.24, 2.45) is 0 Å². The molecule has 2 aromatic rings. The maximum Gasteiger partial charge on any atom is 0.264 e. The lowest BCUT2D eigenvalue weighted by Gasteiger charge is -2.27. The summed E-state index contributed by atoms with van der Waals surface area (Å²) in [5.74, 6) is -0.314. The number of halogens is 1. The summed E-state index contributed by atoms with van der Waals surface area (Å²) in [5, 5.41) is 3.40. The fraction of sp³-hybridized carbons (Fsp3) is 0.200. The van der Waals surface area contributed by atoms with Gasteiger partial charge in [-0.2, -0.15) is 0 Å². The molecule has 0 atom stereocenters. The molecule has 5 nitrogen and oxygen atoms in total. The molecule has 0 fully saturated rings. The molecule has 1 aliphatic heterocycles. The van der Waals surface area contributed by atoms with E-state index in [0.29, 0.717) is 34.3 Å². The summed E-state index contributed by atoms with van der Waals surface area (Å²) in [6, 6.07) is 12.7. The lowest BCUT2D eigenvalue weighted by Crippen LogP contribution is -2.31. The third-order valence-electron chi connectivity index (χ3n) is 4.06. The highest BCUT2D eigenvalue weighted by atomic mass is 35.5. The van der Waals surface area contributed by atoms with Crippen LogP contribution < -0.4 is 10.2 Å². The van der Waals surface area contributed by atoms with Gasteiger partial charge in [-0.05, 0) is 42.0 Å². The average Bonchev–Trinajstić information content (AvgIpc) is 2.66. The number of nitrogens with one attached hydrogen (secondary N) is 1. The number of methoxy groups -OCH3 is 1. The highest BCUT2D eigenvalue weighted by Gasteiger charge is 2.27. The minimum atomic E-state index is -0.194. The normalized spacial score (nSPS) is 15.0. The first kappa shape index (κ1) is 19.5. The minimum Gasteiger partial charge on any atom is -0.383 e. The van der Waals surface area contributed by atoms with Gasteiger partial charge in [0.05, 0.1) is 17.2 Å². The van der Waals surface area contributed by atoms with E-state index in [1.54, 1.807) is 37.3 Å². The highest BCUT2D eigenvalue weighted by Crippen LogP contribution is 2.42. The Morgan fingerprint density at radius 2 is 2.11 bits per heavy atom. The van der Waals surface area contributed by atoms with Crippen molar-refractivity contribution >= 4 is 46.9 Å². The molecule has 0 unspecified atom stereocenters. The molecule has 27 heavy (non-hydrogen) atoms. The molecule has 0 aromatic heterocycles. The second-order valence-corrected chi connectivity index (χ2v) is 7.48. The Morgan fingerprint density at radius 1 is 1.30 bits per heavy atom. The van der Waals surface area contributed by atoms with E-state index in [1.807, 2.05) is 30.3 Å². The van der Waals surface area contributed by atoms with Crippen molar-refractivity contribution in [2.75, 3.05) is 32.2 Å². The predicted octanol–water partition coefficient (Wildman–Crippen LogP) is 3.83. The number of hydrogen-bond acceptors (Lipinski definition) is 4. The molecule has 0 radical (unpaired) electrons. The Kier molecular flexibility index (Phi) is 6.21. The molecule has 0 spiro atoms. The Balaban J connectivity index is 1.85. The van der Waals surface area contributed by atoms with Gasteiger partial charge in [0.25, 0.3) is 11.8 Å². The zero-order valence-electron chi connectivity index (χ0n) is 15.0. The van der Waals surface area contributed by atoms with Crippen LogP contribution in [0.1, 0.15) is 15.9 Å². The third kappa shape index (κ3) is 4.53. The molecule has 2 amide bonds. The summed E-state index contributed by atoms with van der Waals surface area (Å²) in [7, 11) is 3.29. The Hall–Kier alpha value is -2.28. The second-order valence-electron chi connectivity index (χ2n) is 5.96. The number of carbonyl (C=O) groups excluding carboxylic acids is 2. The SMILES string of the molecule is COCCNC(=O)c1ccc2c(c1)N(C)C(=O)C(=Cc1cccc(Cl)c1)S2. The molecule has 0 saturated carbocycles. The van der Waals surface area contributed by atoms with Gasteiger partial charge in [-0.15, -0.1) is 0 Å². The van der Waals surface area contributed by atoms with Crippen LogP contribution in [-0.2, 0) is 9.53 Å². The van der Waals surface area contributed by atoms with Crippen molar-refractivity contribution in [3.8, 4) is 0 Å². The van der Waals surface area contributed by atoms with E-state index < -0.39 is 0 Å². The van der Waals surface area contributed by atoms with Gasteiger partial charge in [0, 0.05) is 36.2 Å². The zero-order chi connectivity index (χ0) is 19.4. The Morgan fingerprint density at radius 3 is 2.85 bits per heavy atom. The lowest BCUT2D eigenvalue weighted by molar-refractivity contribution is -0.114. The number of amides is 2. The molecule has 0 saturated heterocycles. The van der Waals surface area contributed by atoms with E-state index in [0.717, 1.165) is 10.5 Å². The van der Waals surface area contributed by atoms with Gasteiger partial charge in [0.2, 0.25) is 0 Å². The maximum absolute atomic E-state index is 12.8. The largest absolute Gasteiger partial charge is 0.383 e. The Bertz CT molecular complexity index is 914. The van der Waals surface area contributed by atoms with Gasteiger partial charge in [0.1, 0.15) is 0 Å². The van der Waals surface area contributed by atoms with Gasteiger partial charge in [-0.1, -0.05) is 35.5 Å². The van der Waals surface area contributed by atoms with Crippen LogP contribution in [0, 0.1) is 0 Å². The van der Waals surface area contributed by atoms with Crippen molar-refractivity contribution in [3.63, 3.8) is 0 Å². The Labute approximate surface area is 167 Å². The van der Waals surface area contributed by atoms with Crippen LogP contribution in [0.2, 0.25) is 5.02 Å². The fourth-order valence-corrected chi connectivity index (χ4v) is 3.94. The molecule has 140 valence electrons. The number of ether oxygens (including phenoxy) is 1. The smallest absolute Gasteiger partial charge is 0.264 e. The quantitative estimate of drug-likeness (QED) is 0.610. The maximum atomic E-state index is 12.8. The summed E-state index contributed by atoms with van der Waals surface area (Å²) < 4.78 is 4.93. The van der Waals surface area contributed by atoms with E-state index >= 15 is 0 Å². The fourth-order valence-electron chi connectivity index (χ4n) is 2.65. The van der Waals surface area contributed by atoms with Crippen LogP contribution in [-0.4, -0.2) is 39.1 Å². The summed E-state index contributed by atoms with van der Waals surface area (Å²) in [5.41, 5.74) is 2.09. The molecule has 7 heteroatoms. The number of rotatable bonds is 5. The summed E-state index contributed by atoms with van der Waals surface area (Å²) in [6.07, 6.45) is 1.82. The van der Waals surface area contributed by atoms with Gasteiger partial charge in [-0.25, -0.2) is 0 Å². The molecule has 0 aliphatic carbocycles. The zero-order valence-corrected chi connectivity index (χ0v) is 16.6. The highest BCUT2D eigenvalue weighted by molar-refractivity contribution is 8.04. The van der Waals surface area contributed by atoms with Crippen LogP contribution in [0.15, 0.2) is 52.3 Å². The number of hydrogen-bond donors (Lipinski definition) is 1. The van der Waals surface area contributed by atoms with Gasteiger partial charge < -0.3 is 15.0 Å². The van der Waals surface area contributed by atoms with Crippen LogP contribution in [0.5, 0.6) is 0 Å². The molecule has 0 bridgehead atoms. The predicted molar refractivity (Wildman–Crippen MR) is 109 cm³/mol. The van der Waals surface area contributed by atoms with E-state index in [4.69, 9.17) is 16.3 Å². The minimum absolute atomic E-state index is 0.121. The number of carbonyl (C=O) groups is 2. The van der Waals surface area contributed by atoms with Crippen LogP contribution in [0.4, 0.5) is 5.69 Å². The van der Waals surface area contributed by atoms with Crippen LogP contribution >= 0.6 is 23.4 Å². The summed E-state index contributed by atoms with van der Waals surface area (Å²) in [4.78, 5) is 28.1. The third-order valence-corrected chi connectivity index (χ3v) is 5.37. The topological polar surface area (TPSA) is 58.6 Å². The molecular formula is C20H19ClN2O3S. The number of benzene rings is 2. The second kappa shape index (κ2) is 8.61. The van der Waals surface area contributed by atoms with Crippen molar-refractivity contribution in [1.29, 1.82) is 0 Å². The van der Waals surface area contributed by atoms with E-state index in [9.17, 15) is 9.59 Å². The van der Waals surface area contributed by atoms with Crippen molar-refractivity contribution in [3.05, 3.63) is 63.5 Å². The summed E-state index contributed by atoms with van der Waals surface area (Å²) in [6.45, 7) is 0.880. The van der Waals surface area contributed by atoms with Crippen molar-refractivity contribution in [1.82, 2.24) is 5.32 Å². The monoisotopic (exact) mass is 402 g/mol. The lowest BCUT2D eigenvalue weighted by atomic mass is 10.1. The number of fused-ring (bicyclic) bond motifs is 1. The molecule has 1 N–H and O–H groups in total. The first-order valence-electron chi connectivity index (χ1n) is 8.34. The first-order valence-corrected chi connectivity index (χ1v) is 9.53. The molecule has 1 aliphatic rings. The van der Waals surface area contributed by atoms with E-state index in [-0.39, 0.29) is 11.8 Å². The van der Waals surface area contributed by atoms with Gasteiger partial charge in [0.15, 0.2) is 0 Å². The molecule has 1 heterocycles. The van der Waals surface area contributed by atoms with E-state index in [1.165, 1.54) is 11.8 Å². The van der Waals surface area contributed by atoms with Crippen LogP contribution in [0.25, 0.3) is 6.08 Å². The number of anilines is 1. The number of thioether (sulfide) groups is 1. The molecule has 3 rings (SSSR count). The van der Waals surface area contributed by atoms with Gasteiger partial charge in [-0.3, -0.25) is 9.59 Å². The molecule has 2 aromatic carbocycles. The number of nitrogens with zero attached hydrogens (tertiary/aromatic N) is 1. The van der Waals surface area contributed by atoms with Crippen molar-refractivity contribution < 1.29 is 14.3 Å². The summed E-state index contributed by atoms with van der Waals surface area (Å²) >= 11 is 7.41. The van der Waals surface area contributed by atoms with Crippen LogP contribution in [0.3, 0.4) is 0 Å². The van der Waals surface area contributed by atoms with Gasteiger partial charge >= 0.3 is 0 Å².